The Kier molecular flexibility index (Phi) is 4.77. The molecule has 106 valence electrons. The molecule has 0 bridgehead atoms. The van der Waals surface area contributed by atoms with Crippen LogP contribution in [-0.2, 0) is 0 Å². The minimum atomic E-state index is -0.172. The zero-order valence-electron chi connectivity index (χ0n) is 12.1. The molecule has 0 saturated carbocycles. The predicted octanol–water partition coefficient (Wildman–Crippen LogP) is 1.80. The lowest BCUT2D eigenvalue weighted by Crippen LogP contribution is -2.46. The lowest BCUT2D eigenvalue weighted by atomic mass is 10.1. The monoisotopic (exact) mass is 265 g/mol. The highest BCUT2D eigenvalue weighted by Gasteiger charge is 2.26. The van der Waals surface area contributed by atoms with Crippen molar-refractivity contribution in [3.63, 3.8) is 0 Å². The molecule has 1 aromatic carbocycles. The Hall–Kier alpha value is -1.13. The smallest absolute Gasteiger partial charge is 0.123 e. The van der Waals surface area contributed by atoms with E-state index in [9.17, 15) is 4.39 Å². The maximum absolute atomic E-state index is 13.1. The van der Waals surface area contributed by atoms with Gasteiger partial charge in [0.2, 0.25) is 0 Å². The van der Waals surface area contributed by atoms with Crippen LogP contribution >= 0.6 is 0 Å². The Labute approximate surface area is 115 Å². The second kappa shape index (κ2) is 6.35. The molecule has 2 atom stereocenters. The second-order valence-electron chi connectivity index (χ2n) is 5.67. The van der Waals surface area contributed by atoms with Gasteiger partial charge < -0.3 is 15.1 Å². The van der Waals surface area contributed by atoms with Gasteiger partial charge in [0.15, 0.2) is 0 Å². The summed E-state index contributed by atoms with van der Waals surface area (Å²) in [5.74, 6) is 0.436. The van der Waals surface area contributed by atoms with Gasteiger partial charge in [-0.2, -0.15) is 0 Å². The van der Waals surface area contributed by atoms with Crippen molar-refractivity contribution in [2.24, 2.45) is 5.92 Å². The number of anilines is 1. The van der Waals surface area contributed by atoms with E-state index in [0.29, 0.717) is 12.0 Å². The quantitative estimate of drug-likeness (QED) is 0.899. The zero-order chi connectivity index (χ0) is 13.8. The first-order valence-electron chi connectivity index (χ1n) is 6.95. The molecule has 19 heavy (non-hydrogen) atoms. The van der Waals surface area contributed by atoms with Crippen LogP contribution in [0, 0.1) is 11.7 Å². The summed E-state index contributed by atoms with van der Waals surface area (Å²) in [6, 6.07) is 7.28. The van der Waals surface area contributed by atoms with Gasteiger partial charge in [-0.3, -0.25) is 0 Å². The molecule has 1 aliphatic heterocycles. The van der Waals surface area contributed by atoms with Crippen LogP contribution in [-0.4, -0.2) is 51.2 Å². The van der Waals surface area contributed by atoms with Gasteiger partial charge in [-0.1, -0.05) is 6.92 Å². The summed E-state index contributed by atoms with van der Waals surface area (Å²) in [5, 5.41) is 3.27. The molecule has 0 amide bonds. The number of hydrogen-bond acceptors (Lipinski definition) is 3. The van der Waals surface area contributed by atoms with Crippen molar-refractivity contribution in [2.75, 3.05) is 45.2 Å². The Morgan fingerprint density at radius 2 is 1.89 bits per heavy atom. The minimum absolute atomic E-state index is 0.172. The summed E-state index contributed by atoms with van der Waals surface area (Å²) >= 11 is 0. The number of benzene rings is 1. The van der Waals surface area contributed by atoms with E-state index >= 15 is 0 Å². The normalized spacial score (nSPS) is 25.4. The second-order valence-corrected chi connectivity index (χ2v) is 5.67. The zero-order valence-corrected chi connectivity index (χ0v) is 12.1. The van der Waals surface area contributed by atoms with Crippen LogP contribution in [0.25, 0.3) is 0 Å². The highest BCUT2D eigenvalue weighted by molar-refractivity contribution is 5.48. The summed E-state index contributed by atoms with van der Waals surface area (Å²) < 4.78 is 13.1. The first-order chi connectivity index (χ1) is 9.10. The fourth-order valence-electron chi connectivity index (χ4n) is 2.97. The third-order valence-corrected chi connectivity index (χ3v) is 3.69. The number of nitrogens with zero attached hydrogens (tertiary/aromatic N) is 2. The summed E-state index contributed by atoms with van der Waals surface area (Å²) in [6.07, 6.45) is 0. The SMILES string of the molecule is CNCC1CN(C)CC(C)CN1c1ccc(F)cc1. The summed E-state index contributed by atoms with van der Waals surface area (Å²) in [6.45, 7) is 6.37. The Bertz CT molecular complexity index is 393. The molecule has 1 aromatic rings. The molecule has 0 aromatic heterocycles. The molecule has 2 unspecified atom stereocenters. The maximum atomic E-state index is 13.1. The average molecular weight is 265 g/mol. The van der Waals surface area contributed by atoms with Gasteiger partial charge in [0.05, 0.1) is 6.04 Å². The molecule has 4 heteroatoms. The first kappa shape index (κ1) is 14.3. The standard InChI is InChI=1S/C15H24FN3/c1-12-9-18(3)11-15(8-17-2)19(10-12)14-6-4-13(16)5-7-14/h4-7,12,15,17H,8-11H2,1-3H3. The van der Waals surface area contributed by atoms with Crippen LogP contribution in [0.1, 0.15) is 6.92 Å². The fourth-order valence-corrected chi connectivity index (χ4v) is 2.97. The van der Waals surface area contributed by atoms with Crippen LogP contribution in [0.15, 0.2) is 24.3 Å². The Balaban J connectivity index is 2.23. The fraction of sp³-hybridized carbons (Fsp3) is 0.600. The van der Waals surface area contributed by atoms with E-state index in [0.717, 1.165) is 31.9 Å². The van der Waals surface area contributed by atoms with E-state index in [1.807, 2.05) is 19.2 Å². The number of nitrogens with one attached hydrogen (secondary N) is 1. The minimum Gasteiger partial charge on any atom is -0.366 e. The highest BCUT2D eigenvalue weighted by atomic mass is 19.1. The number of hydrogen-bond donors (Lipinski definition) is 1. The van der Waals surface area contributed by atoms with E-state index < -0.39 is 0 Å². The van der Waals surface area contributed by atoms with Crippen molar-refractivity contribution in [3.05, 3.63) is 30.1 Å². The first-order valence-corrected chi connectivity index (χ1v) is 6.95. The van der Waals surface area contributed by atoms with Crippen LogP contribution < -0.4 is 10.2 Å². The predicted molar refractivity (Wildman–Crippen MR) is 78.1 cm³/mol. The molecular weight excluding hydrogens is 241 g/mol. The summed E-state index contributed by atoms with van der Waals surface area (Å²) in [5.41, 5.74) is 1.11. The topological polar surface area (TPSA) is 18.5 Å². The van der Waals surface area contributed by atoms with Gasteiger partial charge in [0.25, 0.3) is 0 Å². The van der Waals surface area contributed by atoms with Crippen LogP contribution in [0.3, 0.4) is 0 Å². The highest BCUT2D eigenvalue weighted by Crippen LogP contribution is 2.22. The van der Waals surface area contributed by atoms with Gasteiger partial charge in [0.1, 0.15) is 5.82 Å². The van der Waals surface area contributed by atoms with Crippen molar-refractivity contribution in [1.29, 1.82) is 0 Å². The summed E-state index contributed by atoms with van der Waals surface area (Å²) in [4.78, 5) is 4.79. The molecule has 2 rings (SSSR count). The van der Waals surface area contributed by atoms with E-state index in [-0.39, 0.29) is 5.82 Å². The number of halogens is 1. The van der Waals surface area contributed by atoms with Gasteiger partial charge in [0, 0.05) is 31.9 Å². The van der Waals surface area contributed by atoms with Crippen LogP contribution in [0.2, 0.25) is 0 Å². The lowest BCUT2D eigenvalue weighted by Gasteiger charge is -2.33. The third kappa shape index (κ3) is 3.67. The largest absolute Gasteiger partial charge is 0.366 e. The van der Waals surface area contributed by atoms with Crippen molar-refractivity contribution in [3.8, 4) is 0 Å². The molecule has 1 heterocycles. The van der Waals surface area contributed by atoms with Gasteiger partial charge in [-0.25, -0.2) is 4.39 Å². The van der Waals surface area contributed by atoms with Crippen molar-refractivity contribution in [2.45, 2.75) is 13.0 Å². The van der Waals surface area contributed by atoms with E-state index in [4.69, 9.17) is 0 Å². The molecule has 1 N–H and O–H groups in total. The Morgan fingerprint density at radius 1 is 1.21 bits per heavy atom. The van der Waals surface area contributed by atoms with Gasteiger partial charge >= 0.3 is 0 Å². The lowest BCUT2D eigenvalue weighted by molar-refractivity contribution is 0.302. The van der Waals surface area contributed by atoms with E-state index in [2.05, 4.69) is 29.1 Å². The van der Waals surface area contributed by atoms with E-state index in [1.165, 1.54) is 0 Å². The molecule has 0 aliphatic carbocycles. The summed E-state index contributed by atoms with van der Waals surface area (Å²) in [7, 11) is 4.16. The van der Waals surface area contributed by atoms with E-state index in [1.54, 1.807) is 12.1 Å². The number of likely N-dealkylation sites (N-methyl/N-ethyl adjacent to an activating group) is 2. The molecule has 1 fully saturated rings. The van der Waals surface area contributed by atoms with Crippen molar-refractivity contribution < 1.29 is 4.39 Å². The van der Waals surface area contributed by atoms with Gasteiger partial charge in [-0.15, -0.1) is 0 Å². The van der Waals surface area contributed by atoms with Crippen molar-refractivity contribution >= 4 is 5.69 Å². The molecular formula is C15H24FN3. The molecule has 0 spiro atoms. The number of rotatable bonds is 3. The Morgan fingerprint density at radius 3 is 2.53 bits per heavy atom. The third-order valence-electron chi connectivity index (χ3n) is 3.69. The van der Waals surface area contributed by atoms with Crippen molar-refractivity contribution in [1.82, 2.24) is 10.2 Å². The van der Waals surface area contributed by atoms with Crippen LogP contribution in [0.5, 0.6) is 0 Å². The molecule has 0 radical (unpaired) electrons. The molecule has 1 aliphatic rings. The molecule has 3 nitrogen and oxygen atoms in total. The maximum Gasteiger partial charge on any atom is 0.123 e. The average Bonchev–Trinajstić information content (AvgIpc) is 2.49. The molecule has 1 saturated heterocycles. The van der Waals surface area contributed by atoms with Crippen LogP contribution in [0.4, 0.5) is 10.1 Å². The van der Waals surface area contributed by atoms with Gasteiger partial charge in [-0.05, 0) is 44.3 Å².